The average molecular weight is 225 g/mol. The molecule has 1 heterocycles. The van der Waals surface area contributed by atoms with Crippen LogP contribution >= 0.6 is 0 Å². The summed E-state index contributed by atoms with van der Waals surface area (Å²) in [5.41, 5.74) is 1.24. The summed E-state index contributed by atoms with van der Waals surface area (Å²) >= 11 is 0. The zero-order valence-electron chi connectivity index (χ0n) is 10.2. The molecule has 2 unspecified atom stereocenters. The Bertz CT molecular complexity index is 412. The Morgan fingerprint density at radius 1 is 1.44 bits per heavy atom. The van der Waals surface area contributed by atoms with Gasteiger partial charge in [0.05, 0.1) is 11.7 Å². The predicted octanol–water partition coefficient (Wildman–Crippen LogP) is 0.418. The number of nitrogens with one attached hydrogen (secondary N) is 2. The molecule has 0 fully saturated rings. The third-order valence-electron chi connectivity index (χ3n) is 2.42. The van der Waals surface area contributed by atoms with Gasteiger partial charge in [-0.15, -0.1) is 0 Å². The van der Waals surface area contributed by atoms with Gasteiger partial charge in [-0.05, 0) is 27.7 Å². The smallest absolute Gasteiger partial charge is 0.255 e. The van der Waals surface area contributed by atoms with Crippen molar-refractivity contribution in [2.75, 3.05) is 6.54 Å². The standard InChI is InChI=1S/C11H19N3O2/c1-6(15)5-12-7(2)10-8(3)13-9(4)14-11(10)16/h6-7,12,15H,5H2,1-4H3,(H,13,14,16). The third kappa shape index (κ3) is 3.15. The molecule has 3 N–H and O–H groups in total. The van der Waals surface area contributed by atoms with Crippen LogP contribution in [-0.2, 0) is 0 Å². The number of aliphatic hydroxyl groups is 1. The normalized spacial score (nSPS) is 14.8. The zero-order chi connectivity index (χ0) is 12.3. The molecule has 0 amide bonds. The van der Waals surface area contributed by atoms with E-state index < -0.39 is 6.10 Å². The van der Waals surface area contributed by atoms with E-state index in [4.69, 9.17) is 5.11 Å². The van der Waals surface area contributed by atoms with Crippen molar-refractivity contribution in [1.82, 2.24) is 15.3 Å². The Balaban J connectivity index is 2.91. The minimum Gasteiger partial charge on any atom is -0.392 e. The van der Waals surface area contributed by atoms with Crippen molar-refractivity contribution in [3.05, 3.63) is 27.4 Å². The number of nitrogens with zero attached hydrogens (tertiary/aromatic N) is 1. The number of aromatic nitrogens is 2. The van der Waals surface area contributed by atoms with Crippen LogP contribution in [0.4, 0.5) is 0 Å². The number of hydrogen-bond acceptors (Lipinski definition) is 4. The molecule has 0 radical (unpaired) electrons. The second-order valence-corrected chi connectivity index (χ2v) is 4.13. The van der Waals surface area contributed by atoms with Crippen LogP contribution < -0.4 is 10.9 Å². The number of aryl methyl sites for hydroxylation is 2. The highest BCUT2D eigenvalue weighted by Crippen LogP contribution is 2.10. The quantitative estimate of drug-likeness (QED) is 0.694. The molecule has 90 valence electrons. The van der Waals surface area contributed by atoms with Gasteiger partial charge < -0.3 is 15.4 Å². The van der Waals surface area contributed by atoms with E-state index in [1.54, 1.807) is 13.8 Å². The van der Waals surface area contributed by atoms with Gasteiger partial charge in [-0.2, -0.15) is 0 Å². The lowest BCUT2D eigenvalue weighted by Crippen LogP contribution is -2.32. The van der Waals surface area contributed by atoms with Gasteiger partial charge in [0.1, 0.15) is 5.82 Å². The molecular formula is C11H19N3O2. The molecule has 1 aromatic rings. The Labute approximate surface area is 94.9 Å². The Morgan fingerprint density at radius 3 is 2.56 bits per heavy atom. The Morgan fingerprint density at radius 2 is 2.06 bits per heavy atom. The number of aromatic amines is 1. The summed E-state index contributed by atoms with van der Waals surface area (Å²) < 4.78 is 0. The first-order valence-corrected chi connectivity index (χ1v) is 5.40. The first kappa shape index (κ1) is 12.9. The minimum absolute atomic E-state index is 0.115. The fourth-order valence-corrected chi connectivity index (χ4v) is 1.70. The number of rotatable bonds is 4. The molecule has 0 aromatic carbocycles. The van der Waals surface area contributed by atoms with E-state index in [2.05, 4.69) is 15.3 Å². The maximum absolute atomic E-state index is 11.7. The van der Waals surface area contributed by atoms with E-state index in [0.29, 0.717) is 17.9 Å². The number of H-pyrrole nitrogens is 1. The van der Waals surface area contributed by atoms with Crippen molar-refractivity contribution >= 4 is 0 Å². The summed E-state index contributed by atoms with van der Waals surface area (Å²) in [6.45, 7) is 7.61. The van der Waals surface area contributed by atoms with Crippen molar-refractivity contribution in [3.8, 4) is 0 Å². The maximum atomic E-state index is 11.7. The molecule has 0 aliphatic rings. The highest BCUT2D eigenvalue weighted by atomic mass is 16.3. The molecule has 5 nitrogen and oxygen atoms in total. The molecule has 0 aliphatic heterocycles. The lowest BCUT2D eigenvalue weighted by Gasteiger charge is -2.16. The summed E-state index contributed by atoms with van der Waals surface area (Å²) in [5.74, 6) is 0.619. The summed E-state index contributed by atoms with van der Waals surface area (Å²) in [7, 11) is 0. The summed E-state index contributed by atoms with van der Waals surface area (Å²) in [6, 6.07) is -0.119. The average Bonchev–Trinajstić information content (AvgIpc) is 2.12. The molecule has 0 spiro atoms. The van der Waals surface area contributed by atoms with Crippen LogP contribution in [0.1, 0.15) is 37.0 Å². The van der Waals surface area contributed by atoms with Crippen molar-refractivity contribution < 1.29 is 5.11 Å². The molecule has 0 aliphatic carbocycles. The van der Waals surface area contributed by atoms with Gasteiger partial charge in [0, 0.05) is 18.3 Å². The van der Waals surface area contributed by atoms with Gasteiger partial charge in [-0.3, -0.25) is 4.79 Å². The number of aliphatic hydroxyl groups excluding tert-OH is 1. The molecule has 5 heteroatoms. The van der Waals surface area contributed by atoms with Crippen molar-refractivity contribution in [1.29, 1.82) is 0 Å². The third-order valence-corrected chi connectivity index (χ3v) is 2.42. The second kappa shape index (κ2) is 5.23. The van der Waals surface area contributed by atoms with Crippen molar-refractivity contribution in [2.45, 2.75) is 39.8 Å². The summed E-state index contributed by atoms with van der Waals surface area (Å²) in [4.78, 5) is 18.7. The second-order valence-electron chi connectivity index (χ2n) is 4.13. The first-order valence-electron chi connectivity index (χ1n) is 5.40. The summed E-state index contributed by atoms with van der Waals surface area (Å²) in [6.07, 6.45) is -0.430. The molecule has 0 saturated heterocycles. The largest absolute Gasteiger partial charge is 0.392 e. The molecule has 1 rings (SSSR count). The van der Waals surface area contributed by atoms with Gasteiger partial charge in [0.15, 0.2) is 0 Å². The van der Waals surface area contributed by atoms with Crippen LogP contribution in [0.25, 0.3) is 0 Å². The van der Waals surface area contributed by atoms with E-state index in [0.717, 1.165) is 5.69 Å². The van der Waals surface area contributed by atoms with Crippen LogP contribution in [-0.4, -0.2) is 27.7 Å². The van der Waals surface area contributed by atoms with E-state index in [1.807, 2.05) is 13.8 Å². The highest BCUT2D eigenvalue weighted by molar-refractivity contribution is 5.19. The molecular weight excluding hydrogens is 206 g/mol. The lowest BCUT2D eigenvalue weighted by atomic mass is 10.1. The van der Waals surface area contributed by atoms with Crippen LogP contribution in [0.2, 0.25) is 0 Å². The van der Waals surface area contributed by atoms with E-state index in [1.165, 1.54) is 0 Å². The molecule has 16 heavy (non-hydrogen) atoms. The summed E-state index contributed by atoms with van der Waals surface area (Å²) in [5, 5.41) is 12.3. The van der Waals surface area contributed by atoms with Crippen LogP contribution in [0.3, 0.4) is 0 Å². The minimum atomic E-state index is -0.430. The van der Waals surface area contributed by atoms with E-state index in [-0.39, 0.29) is 11.6 Å². The Kier molecular flexibility index (Phi) is 4.20. The molecule has 2 atom stereocenters. The molecule has 0 saturated carbocycles. The monoisotopic (exact) mass is 225 g/mol. The Hall–Kier alpha value is -1.20. The zero-order valence-corrected chi connectivity index (χ0v) is 10.2. The lowest BCUT2D eigenvalue weighted by molar-refractivity contribution is 0.187. The van der Waals surface area contributed by atoms with Gasteiger partial charge in [-0.25, -0.2) is 4.98 Å². The topological polar surface area (TPSA) is 78.0 Å². The van der Waals surface area contributed by atoms with Crippen LogP contribution in [0, 0.1) is 13.8 Å². The molecule has 0 bridgehead atoms. The maximum Gasteiger partial charge on any atom is 0.255 e. The van der Waals surface area contributed by atoms with Gasteiger partial charge >= 0.3 is 0 Å². The fourth-order valence-electron chi connectivity index (χ4n) is 1.70. The first-order chi connectivity index (χ1) is 7.41. The SMILES string of the molecule is Cc1nc(C)c(C(C)NCC(C)O)c(=O)[nH]1. The van der Waals surface area contributed by atoms with Gasteiger partial charge in [0.25, 0.3) is 5.56 Å². The predicted molar refractivity (Wildman–Crippen MR) is 62.4 cm³/mol. The number of hydrogen-bond donors (Lipinski definition) is 3. The van der Waals surface area contributed by atoms with E-state index in [9.17, 15) is 4.79 Å². The highest BCUT2D eigenvalue weighted by Gasteiger charge is 2.14. The van der Waals surface area contributed by atoms with Crippen molar-refractivity contribution in [2.24, 2.45) is 0 Å². The van der Waals surface area contributed by atoms with E-state index >= 15 is 0 Å². The molecule has 1 aromatic heterocycles. The van der Waals surface area contributed by atoms with Gasteiger partial charge in [-0.1, -0.05) is 0 Å². The van der Waals surface area contributed by atoms with Crippen molar-refractivity contribution in [3.63, 3.8) is 0 Å². The van der Waals surface area contributed by atoms with Crippen LogP contribution in [0.15, 0.2) is 4.79 Å². The fraction of sp³-hybridized carbons (Fsp3) is 0.636. The van der Waals surface area contributed by atoms with Crippen LogP contribution in [0.5, 0.6) is 0 Å². The van der Waals surface area contributed by atoms with Gasteiger partial charge in [0.2, 0.25) is 0 Å².